The number of hydrogen-bond donors (Lipinski definition) is 0. The van der Waals surface area contributed by atoms with Gasteiger partial charge in [0.25, 0.3) is 0 Å². The number of nitrogens with zero attached hydrogens (tertiary/aromatic N) is 1. The first-order valence-corrected chi connectivity index (χ1v) is 8.98. The van der Waals surface area contributed by atoms with Gasteiger partial charge in [-0.1, -0.05) is 17.7 Å². The van der Waals surface area contributed by atoms with Crippen LogP contribution in [0.2, 0.25) is 0 Å². The van der Waals surface area contributed by atoms with Crippen molar-refractivity contribution < 1.29 is 12.8 Å². The summed E-state index contributed by atoms with van der Waals surface area (Å²) in [5, 5.41) is 0. The van der Waals surface area contributed by atoms with E-state index >= 15 is 0 Å². The van der Waals surface area contributed by atoms with Gasteiger partial charge in [-0.25, -0.2) is 8.42 Å². The molecule has 0 aliphatic carbocycles. The van der Waals surface area contributed by atoms with E-state index in [4.69, 9.17) is 4.42 Å². The van der Waals surface area contributed by atoms with Gasteiger partial charge in [-0.3, -0.25) is 0 Å². The lowest BCUT2D eigenvalue weighted by Crippen LogP contribution is -2.31. The molecule has 0 bridgehead atoms. The van der Waals surface area contributed by atoms with Crippen LogP contribution in [-0.2, 0) is 10.0 Å². The molecule has 1 fully saturated rings. The summed E-state index contributed by atoms with van der Waals surface area (Å²) in [7, 11) is -3.52. The van der Waals surface area contributed by atoms with Crippen molar-refractivity contribution in [2.45, 2.75) is 44.6 Å². The maximum Gasteiger partial charge on any atom is 0.244 e. The van der Waals surface area contributed by atoms with Gasteiger partial charge in [-0.2, -0.15) is 4.31 Å². The van der Waals surface area contributed by atoms with Crippen molar-refractivity contribution in [2.24, 2.45) is 0 Å². The van der Waals surface area contributed by atoms with Crippen LogP contribution < -0.4 is 0 Å². The highest BCUT2D eigenvalue weighted by atomic mass is 32.2. The molecule has 0 saturated carbocycles. The van der Waals surface area contributed by atoms with Crippen molar-refractivity contribution in [1.29, 1.82) is 0 Å². The van der Waals surface area contributed by atoms with Crippen LogP contribution >= 0.6 is 0 Å². The molecule has 0 spiro atoms. The first-order chi connectivity index (χ1) is 10.4. The highest BCUT2D eigenvalue weighted by Gasteiger charge is 2.38. The van der Waals surface area contributed by atoms with Crippen molar-refractivity contribution >= 4 is 10.0 Å². The fourth-order valence-electron chi connectivity index (χ4n) is 3.48. The maximum atomic E-state index is 13.2. The number of benzene rings is 1. The van der Waals surface area contributed by atoms with E-state index in [1.165, 1.54) is 0 Å². The summed E-state index contributed by atoms with van der Waals surface area (Å²) in [5.41, 5.74) is 2.70. The zero-order valence-electron chi connectivity index (χ0n) is 13.2. The van der Waals surface area contributed by atoms with Crippen LogP contribution in [0.5, 0.6) is 0 Å². The second-order valence-electron chi connectivity index (χ2n) is 6.02. The van der Waals surface area contributed by atoms with Gasteiger partial charge in [0.15, 0.2) is 0 Å². The number of aryl methyl sites for hydroxylation is 3. The summed E-state index contributed by atoms with van der Waals surface area (Å²) < 4.78 is 33.4. The van der Waals surface area contributed by atoms with E-state index in [0.29, 0.717) is 11.4 Å². The van der Waals surface area contributed by atoms with E-state index in [2.05, 4.69) is 0 Å². The third-order valence-corrected chi connectivity index (χ3v) is 6.46. The molecule has 5 heteroatoms. The molecule has 1 aliphatic heterocycles. The summed E-state index contributed by atoms with van der Waals surface area (Å²) >= 11 is 0. The summed E-state index contributed by atoms with van der Waals surface area (Å²) in [6.45, 7) is 6.26. The smallest absolute Gasteiger partial charge is 0.244 e. The van der Waals surface area contributed by atoms with Gasteiger partial charge in [-0.05, 0) is 56.9 Å². The SMILES string of the molecule is Cc1cc(C)c(S(=O)(=O)N2CCC[C@@H]2c2ccco2)c(C)c1. The Morgan fingerprint density at radius 3 is 2.45 bits per heavy atom. The van der Waals surface area contributed by atoms with Crippen LogP contribution in [0.25, 0.3) is 0 Å². The standard InChI is InChI=1S/C17H21NO3S/c1-12-10-13(2)17(14(3)11-12)22(19,20)18-8-4-6-15(18)16-7-5-9-21-16/h5,7,9-11,15H,4,6,8H2,1-3H3/t15-/m1/s1. The fraction of sp³-hybridized carbons (Fsp3) is 0.412. The number of hydrogen-bond acceptors (Lipinski definition) is 3. The molecule has 22 heavy (non-hydrogen) atoms. The lowest BCUT2D eigenvalue weighted by Gasteiger charge is -2.24. The normalized spacial score (nSPS) is 19.7. The second-order valence-corrected chi connectivity index (χ2v) is 7.84. The van der Waals surface area contributed by atoms with Gasteiger partial charge in [0.05, 0.1) is 17.2 Å². The van der Waals surface area contributed by atoms with E-state index in [-0.39, 0.29) is 6.04 Å². The Hall–Kier alpha value is -1.59. The number of furan rings is 1. The van der Waals surface area contributed by atoms with E-state index < -0.39 is 10.0 Å². The Balaban J connectivity index is 2.07. The summed E-state index contributed by atoms with van der Waals surface area (Å²) in [6.07, 6.45) is 3.26. The first kappa shape index (κ1) is 15.3. The zero-order valence-corrected chi connectivity index (χ0v) is 14.0. The molecular weight excluding hydrogens is 298 g/mol. The minimum absolute atomic E-state index is 0.194. The van der Waals surface area contributed by atoms with Crippen LogP contribution in [0.1, 0.15) is 41.3 Å². The zero-order chi connectivity index (χ0) is 15.9. The molecule has 0 unspecified atom stereocenters. The molecular formula is C17H21NO3S. The molecule has 118 valence electrons. The summed E-state index contributed by atoms with van der Waals surface area (Å²) in [5.74, 6) is 0.725. The van der Waals surface area contributed by atoms with Crippen molar-refractivity contribution in [3.63, 3.8) is 0 Å². The lowest BCUT2D eigenvalue weighted by molar-refractivity contribution is 0.339. The topological polar surface area (TPSA) is 50.5 Å². The van der Waals surface area contributed by atoms with Crippen LogP contribution in [0.4, 0.5) is 0 Å². The minimum atomic E-state index is -3.52. The Bertz CT molecular complexity index is 755. The van der Waals surface area contributed by atoms with Gasteiger partial charge >= 0.3 is 0 Å². The highest BCUT2D eigenvalue weighted by Crippen LogP contribution is 2.38. The molecule has 4 nitrogen and oxygen atoms in total. The monoisotopic (exact) mass is 319 g/mol. The molecule has 1 atom stereocenters. The van der Waals surface area contributed by atoms with E-state index in [9.17, 15) is 8.42 Å². The van der Waals surface area contributed by atoms with Gasteiger partial charge in [0.2, 0.25) is 10.0 Å². The number of sulfonamides is 1. The highest BCUT2D eigenvalue weighted by molar-refractivity contribution is 7.89. The molecule has 0 N–H and O–H groups in total. The van der Waals surface area contributed by atoms with E-state index in [1.54, 1.807) is 16.6 Å². The molecule has 0 amide bonds. The van der Waals surface area contributed by atoms with Gasteiger partial charge in [0, 0.05) is 6.54 Å². The molecule has 3 rings (SSSR count). The predicted octanol–water partition coefficient (Wildman–Crippen LogP) is 3.73. The van der Waals surface area contributed by atoms with Crippen LogP contribution in [0, 0.1) is 20.8 Å². The summed E-state index contributed by atoms with van der Waals surface area (Å²) in [6, 6.07) is 7.32. The molecule has 1 aliphatic rings. The maximum absolute atomic E-state index is 13.2. The third kappa shape index (κ3) is 2.48. The predicted molar refractivity (Wildman–Crippen MR) is 85.2 cm³/mol. The average molecular weight is 319 g/mol. The molecule has 2 heterocycles. The fourth-order valence-corrected chi connectivity index (χ4v) is 5.56. The molecule has 2 aromatic rings. The van der Waals surface area contributed by atoms with Crippen LogP contribution in [-0.4, -0.2) is 19.3 Å². The Labute approximate surface area is 131 Å². The average Bonchev–Trinajstić information content (AvgIpc) is 3.08. The van der Waals surface area contributed by atoms with E-state index in [0.717, 1.165) is 35.3 Å². The molecule has 1 aromatic carbocycles. The van der Waals surface area contributed by atoms with Crippen molar-refractivity contribution in [2.75, 3.05) is 6.54 Å². The third-order valence-electron chi connectivity index (χ3n) is 4.25. The molecule has 0 radical (unpaired) electrons. The summed E-state index contributed by atoms with van der Waals surface area (Å²) in [4.78, 5) is 0.441. The first-order valence-electron chi connectivity index (χ1n) is 7.54. The second kappa shape index (κ2) is 5.56. The molecule has 1 saturated heterocycles. The minimum Gasteiger partial charge on any atom is -0.468 e. The van der Waals surface area contributed by atoms with Crippen LogP contribution in [0.15, 0.2) is 39.8 Å². The van der Waals surface area contributed by atoms with Gasteiger partial charge in [-0.15, -0.1) is 0 Å². The molecule has 1 aromatic heterocycles. The Kier molecular flexibility index (Phi) is 3.87. The largest absolute Gasteiger partial charge is 0.468 e. The van der Waals surface area contributed by atoms with E-state index in [1.807, 2.05) is 39.0 Å². The number of rotatable bonds is 3. The van der Waals surface area contributed by atoms with Crippen molar-refractivity contribution in [3.05, 3.63) is 53.0 Å². The lowest BCUT2D eigenvalue weighted by atomic mass is 10.1. The van der Waals surface area contributed by atoms with Crippen LogP contribution in [0.3, 0.4) is 0 Å². The van der Waals surface area contributed by atoms with Crippen molar-refractivity contribution in [1.82, 2.24) is 4.31 Å². The van der Waals surface area contributed by atoms with Crippen molar-refractivity contribution in [3.8, 4) is 0 Å². The Morgan fingerprint density at radius 1 is 1.18 bits per heavy atom. The van der Waals surface area contributed by atoms with Gasteiger partial charge < -0.3 is 4.42 Å². The van der Waals surface area contributed by atoms with Gasteiger partial charge in [0.1, 0.15) is 5.76 Å². The quantitative estimate of drug-likeness (QED) is 0.866. The Morgan fingerprint density at radius 2 is 1.86 bits per heavy atom.